The van der Waals surface area contributed by atoms with Gasteiger partial charge in [0.2, 0.25) is 0 Å². The fourth-order valence-corrected chi connectivity index (χ4v) is 2.52. The molecule has 6 heteroatoms. The van der Waals surface area contributed by atoms with Gasteiger partial charge in [-0.3, -0.25) is 5.10 Å². The number of aryl methyl sites for hydroxylation is 1. The Morgan fingerprint density at radius 1 is 1.21 bits per heavy atom. The standard InChI is InChI=1S/C13H12IN5/c1-8-6-12(18-16-8)15-13-10-5-3-2-4-9(10)11(7-14)17-19-13/h2-6H,7H2,1H3,(H2,15,16,18,19). The third-order valence-corrected chi connectivity index (χ3v) is 3.57. The number of aromatic nitrogens is 4. The summed E-state index contributed by atoms with van der Waals surface area (Å²) in [5.41, 5.74) is 2.00. The molecule has 2 aromatic heterocycles. The van der Waals surface area contributed by atoms with Crippen LogP contribution in [-0.4, -0.2) is 20.4 Å². The monoisotopic (exact) mass is 365 g/mol. The average molecular weight is 365 g/mol. The van der Waals surface area contributed by atoms with Gasteiger partial charge >= 0.3 is 0 Å². The van der Waals surface area contributed by atoms with Crippen molar-refractivity contribution in [2.45, 2.75) is 11.4 Å². The largest absolute Gasteiger partial charge is 0.321 e. The average Bonchev–Trinajstić information content (AvgIpc) is 2.85. The number of rotatable bonds is 3. The smallest absolute Gasteiger partial charge is 0.162 e. The second kappa shape index (κ2) is 5.12. The zero-order chi connectivity index (χ0) is 13.2. The number of anilines is 2. The molecule has 0 bridgehead atoms. The van der Waals surface area contributed by atoms with E-state index < -0.39 is 0 Å². The lowest BCUT2D eigenvalue weighted by Gasteiger charge is -2.07. The van der Waals surface area contributed by atoms with Crippen molar-refractivity contribution in [3.63, 3.8) is 0 Å². The predicted molar refractivity (Wildman–Crippen MR) is 83.9 cm³/mol. The second-order valence-corrected chi connectivity index (χ2v) is 5.00. The van der Waals surface area contributed by atoms with E-state index in [9.17, 15) is 0 Å². The van der Waals surface area contributed by atoms with Crippen molar-refractivity contribution < 1.29 is 0 Å². The van der Waals surface area contributed by atoms with E-state index in [-0.39, 0.29) is 0 Å². The van der Waals surface area contributed by atoms with Crippen LogP contribution in [-0.2, 0) is 4.43 Å². The lowest BCUT2D eigenvalue weighted by atomic mass is 10.1. The second-order valence-electron chi connectivity index (χ2n) is 4.24. The number of nitrogens with zero attached hydrogens (tertiary/aromatic N) is 3. The first-order chi connectivity index (χ1) is 9.28. The van der Waals surface area contributed by atoms with Gasteiger partial charge in [-0.15, -0.1) is 5.10 Å². The van der Waals surface area contributed by atoms with Gasteiger partial charge in [0.1, 0.15) is 0 Å². The molecule has 0 atom stereocenters. The first-order valence-corrected chi connectivity index (χ1v) is 7.40. The number of alkyl halides is 1. The minimum atomic E-state index is 0.732. The Hall–Kier alpha value is -1.70. The lowest BCUT2D eigenvalue weighted by molar-refractivity contribution is 0.997. The third kappa shape index (κ3) is 2.40. The van der Waals surface area contributed by atoms with E-state index in [0.29, 0.717) is 0 Å². The van der Waals surface area contributed by atoms with Crippen LogP contribution >= 0.6 is 22.6 Å². The summed E-state index contributed by atoms with van der Waals surface area (Å²) in [6.07, 6.45) is 0. The van der Waals surface area contributed by atoms with Crippen LogP contribution in [0, 0.1) is 6.92 Å². The van der Waals surface area contributed by atoms with Gasteiger partial charge in [-0.25, -0.2) is 0 Å². The molecule has 2 heterocycles. The van der Waals surface area contributed by atoms with Gasteiger partial charge in [0.25, 0.3) is 0 Å². The zero-order valence-corrected chi connectivity index (χ0v) is 12.5. The first-order valence-electron chi connectivity index (χ1n) is 5.87. The molecule has 0 aliphatic rings. The van der Waals surface area contributed by atoms with Crippen molar-refractivity contribution in [1.82, 2.24) is 20.4 Å². The van der Waals surface area contributed by atoms with Crippen molar-refractivity contribution in [1.29, 1.82) is 0 Å². The number of fused-ring (bicyclic) bond motifs is 1. The molecular formula is C13H12IN5. The lowest BCUT2D eigenvalue weighted by Crippen LogP contribution is -2.00. The highest BCUT2D eigenvalue weighted by molar-refractivity contribution is 14.1. The molecule has 3 aromatic rings. The molecule has 0 fully saturated rings. The number of aromatic amines is 1. The molecule has 0 amide bonds. The Morgan fingerprint density at radius 3 is 2.68 bits per heavy atom. The van der Waals surface area contributed by atoms with Crippen LogP contribution in [0.15, 0.2) is 30.3 Å². The summed E-state index contributed by atoms with van der Waals surface area (Å²) < 4.78 is 0.840. The highest BCUT2D eigenvalue weighted by atomic mass is 127. The van der Waals surface area contributed by atoms with Crippen molar-refractivity contribution >= 4 is 45.0 Å². The van der Waals surface area contributed by atoms with E-state index in [4.69, 9.17) is 0 Å². The van der Waals surface area contributed by atoms with Crippen LogP contribution in [0.4, 0.5) is 11.6 Å². The third-order valence-electron chi connectivity index (χ3n) is 2.84. The summed E-state index contributed by atoms with van der Waals surface area (Å²) in [6.45, 7) is 1.96. The van der Waals surface area contributed by atoms with Crippen molar-refractivity contribution in [3.8, 4) is 0 Å². The number of H-pyrrole nitrogens is 1. The van der Waals surface area contributed by atoms with Gasteiger partial charge in [-0.2, -0.15) is 10.2 Å². The summed E-state index contributed by atoms with van der Waals surface area (Å²) >= 11 is 2.30. The molecule has 0 saturated heterocycles. The highest BCUT2D eigenvalue weighted by Crippen LogP contribution is 2.26. The van der Waals surface area contributed by atoms with Crippen LogP contribution in [0.1, 0.15) is 11.4 Å². The van der Waals surface area contributed by atoms with Gasteiger partial charge in [-0.05, 0) is 6.92 Å². The Labute approximate surface area is 124 Å². The van der Waals surface area contributed by atoms with E-state index in [2.05, 4.69) is 54.4 Å². The van der Waals surface area contributed by atoms with Crippen LogP contribution in [0.2, 0.25) is 0 Å². The molecule has 0 spiro atoms. The SMILES string of the molecule is Cc1cc(Nc2nnc(CI)c3ccccc23)n[nH]1. The van der Waals surface area contributed by atoms with E-state index >= 15 is 0 Å². The van der Waals surface area contributed by atoms with Crippen molar-refractivity contribution in [3.05, 3.63) is 41.7 Å². The van der Waals surface area contributed by atoms with Gasteiger partial charge < -0.3 is 5.32 Å². The summed E-state index contributed by atoms with van der Waals surface area (Å²) in [4.78, 5) is 0. The predicted octanol–water partition coefficient (Wildman–Crippen LogP) is 3.34. The Morgan fingerprint density at radius 2 is 2.00 bits per heavy atom. The van der Waals surface area contributed by atoms with E-state index in [1.165, 1.54) is 0 Å². The van der Waals surface area contributed by atoms with Gasteiger partial charge in [0.05, 0.1) is 5.69 Å². The molecule has 0 unspecified atom stereocenters. The van der Waals surface area contributed by atoms with Gasteiger partial charge in [0, 0.05) is 27.0 Å². The molecule has 96 valence electrons. The fraction of sp³-hybridized carbons (Fsp3) is 0.154. The maximum atomic E-state index is 4.27. The molecule has 2 N–H and O–H groups in total. The van der Waals surface area contributed by atoms with E-state index in [1.54, 1.807) is 0 Å². The molecule has 19 heavy (non-hydrogen) atoms. The molecule has 0 saturated carbocycles. The molecular weight excluding hydrogens is 353 g/mol. The first kappa shape index (κ1) is 12.3. The summed E-state index contributed by atoms with van der Waals surface area (Å²) in [6, 6.07) is 10.1. The number of benzene rings is 1. The minimum absolute atomic E-state index is 0.732. The maximum Gasteiger partial charge on any atom is 0.162 e. The van der Waals surface area contributed by atoms with Crippen LogP contribution in [0.5, 0.6) is 0 Å². The number of halogens is 1. The normalized spacial score (nSPS) is 10.8. The number of hydrogen-bond donors (Lipinski definition) is 2. The summed E-state index contributed by atoms with van der Waals surface area (Å²) in [5, 5.41) is 21.0. The minimum Gasteiger partial charge on any atom is -0.321 e. The summed E-state index contributed by atoms with van der Waals surface area (Å²) in [7, 11) is 0. The van der Waals surface area contributed by atoms with Gasteiger partial charge in [0.15, 0.2) is 11.6 Å². The van der Waals surface area contributed by atoms with Crippen LogP contribution < -0.4 is 5.32 Å². The van der Waals surface area contributed by atoms with Crippen LogP contribution in [0.25, 0.3) is 10.8 Å². The summed E-state index contributed by atoms with van der Waals surface area (Å²) in [5.74, 6) is 1.48. The van der Waals surface area contributed by atoms with Crippen molar-refractivity contribution in [2.75, 3.05) is 5.32 Å². The molecule has 5 nitrogen and oxygen atoms in total. The topological polar surface area (TPSA) is 66.5 Å². The number of hydrogen-bond acceptors (Lipinski definition) is 4. The molecule has 1 aromatic carbocycles. The molecule has 0 aliphatic heterocycles. The molecule has 0 aliphatic carbocycles. The fourth-order valence-electron chi connectivity index (χ4n) is 1.95. The zero-order valence-electron chi connectivity index (χ0n) is 10.3. The van der Waals surface area contributed by atoms with E-state index in [1.807, 2.05) is 31.2 Å². The highest BCUT2D eigenvalue weighted by Gasteiger charge is 2.09. The Bertz CT molecular complexity index is 722. The molecule has 3 rings (SSSR count). The van der Waals surface area contributed by atoms with Crippen LogP contribution in [0.3, 0.4) is 0 Å². The maximum absolute atomic E-state index is 4.27. The van der Waals surface area contributed by atoms with Crippen molar-refractivity contribution in [2.24, 2.45) is 0 Å². The van der Waals surface area contributed by atoms with E-state index in [0.717, 1.165) is 38.2 Å². The van der Waals surface area contributed by atoms with Gasteiger partial charge in [-0.1, -0.05) is 46.9 Å². The quantitative estimate of drug-likeness (QED) is 0.552. The Kier molecular flexibility index (Phi) is 3.33. The Balaban J connectivity index is 2.09. The number of nitrogens with one attached hydrogen (secondary N) is 2. The molecule has 0 radical (unpaired) electrons.